The molecule has 1 heteroatoms. The molecule has 1 saturated carbocycles. The molecule has 0 aromatic rings. The fourth-order valence-corrected chi connectivity index (χ4v) is 2.60. The van der Waals surface area contributed by atoms with Gasteiger partial charge in [-0.2, -0.15) is 0 Å². The predicted octanol–water partition coefficient (Wildman–Crippen LogP) is 2.52. The fraction of sp³-hybridized carbons (Fsp3) is 1.00. The van der Waals surface area contributed by atoms with Gasteiger partial charge in [0.1, 0.15) is 0 Å². The molecule has 0 bridgehead atoms. The van der Waals surface area contributed by atoms with Crippen LogP contribution in [0, 0.1) is 11.8 Å². The SMILES string of the molecule is CCC1CCN(C2CC2)CC1C. The van der Waals surface area contributed by atoms with Crippen LogP contribution in [-0.4, -0.2) is 24.0 Å². The van der Waals surface area contributed by atoms with Crippen molar-refractivity contribution in [1.82, 2.24) is 4.90 Å². The van der Waals surface area contributed by atoms with Gasteiger partial charge in [-0.1, -0.05) is 20.3 Å². The van der Waals surface area contributed by atoms with Crippen molar-refractivity contribution >= 4 is 0 Å². The standard InChI is InChI=1S/C11H21N/c1-3-10-6-7-12(8-9(10)2)11-4-5-11/h9-11H,3-8H2,1-2H3. The van der Waals surface area contributed by atoms with E-state index in [1.54, 1.807) is 0 Å². The Bertz CT molecular complexity index is 151. The first kappa shape index (κ1) is 8.55. The van der Waals surface area contributed by atoms with Crippen LogP contribution in [0.25, 0.3) is 0 Å². The molecule has 1 aliphatic heterocycles. The second kappa shape index (κ2) is 3.37. The molecule has 2 rings (SSSR count). The molecule has 0 N–H and O–H groups in total. The minimum absolute atomic E-state index is 0.948. The van der Waals surface area contributed by atoms with Crippen LogP contribution in [0.1, 0.15) is 39.5 Å². The summed E-state index contributed by atoms with van der Waals surface area (Å²) in [6, 6.07) is 0.991. The van der Waals surface area contributed by atoms with Gasteiger partial charge in [0, 0.05) is 12.6 Å². The molecule has 0 aromatic heterocycles. The Morgan fingerprint density at radius 1 is 1.25 bits per heavy atom. The highest BCUT2D eigenvalue weighted by Crippen LogP contribution is 2.33. The topological polar surface area (TPSA) is 3.24 Å². The van der Waals surface area contributed by atoms with Gasteiger partial charge in [-0.15, -0.1) is 0 Å². The maximum atomic E-state index is 2.72. The van der Waals surface area contributed by atoms with E-state index in [-0.39, 0.29) is 0 Å². The molecule has 0 aromatic carbocycles. The van der Waals surface area contributed by atoms with Crippen molar-refractivity contribution in [2.75, 3.05) is 13.1 Å². The van der Waals surface area contributed by atoms with E-state index in [4.69, 9.17) is 0 Å². The van der Waals surface area contributed by atoms with Gasteiger partial charge >= 0.3 is 0 Å². The average Bonchev–Trinajstić information content (AvgIpc) is 2.86. The first-order chi connectivity index (χ1) is 5.81. The predicted molar refractivity (Wildman–Crippen MR) is 52.2 cm³/mol. The van der Waals surface area contributed by atoms with Gasteiger partial charge in [0.25, 0.3) is 0 Å². The summed E-state index contributed by atoms with van der Waals surface area (Å²) in [6.45, 7) is 7.54. The lowest BCUT2D eigenvalue weighted by atomic mass is 9.85. The average molecular weight is 167 g/mol. The van der Waals surface area contributed by atoms with Crippen molar-refractivity contribution in [3.8, 4) is 0 Å². The summed E-state index contributed by atoms with van der Waals surface area (Å²) in [5.41, 5.74) is 0. The minimum Gasteiger partial charge on any atom is -0.300 e. The molecule has 1 aliphatic carbocycles. The van der Waals surface area contributed by atoms with E-state index in [1.165, 1.54) is 38.8 Å². The van der Waals surface area contributed by atoms with E-state index in [1.807, 2.05) is 0 Å². The normalized spacial score (nSPS) is 38.5. The van der Waals surface area contributed by atoms with Gasteiger partial charge < -0.3 is 4.90 Å². The first-order valence-corrected chi connectivity index (χ1v) is 5.55. The molecule has 1 saturated heterocycles. The number of rotatable bonds is 2. The van der Waals surface area contributed by atoms with Gasteiger partial charge in [-0.25, -0.2) is 0 Å². The molecule has 1 nitrogen and oxygen atoms in total. The van der Waals surface area contributed by atoms with Crippen LogP contribution in [0.15, 0.2) is 0 Å². The number of nitrogens with zero attached hydrogens (tertiary/aromatic N) is 1. The summed E-state index contributed by atoms with van der Waals surface area (Å²) < 4.78 is 0. The quantitative estimate of drug-likeness (QED) is 0.611. The zero-order valence-electron chi connectivity index (χ0n) is 8.42. The molecule has 0 radical (unpaired) electrons. The summed E-state index contributed by atoms with van der Waals surface area (Å²) in [5.74, 6) is 1.96. The van der Waals surface area contributed by atoms with Crippen molar-refractivity contribution in [3.63, 3.8) is 0 Å². The minimum atomic E-state index is 0.948. The second-order valence-corrected chi connectivity index (χ2v) is 4.66. The molecular formula is C11H21N. The summed E-state index contributed by atoms with van der Waals surface area (Å²) in [4.78, 5) is 2.72. The molecule has 0 amide bonds. The number of hydrogen-bond donors (Lipinski definition) is 0. The van der Waals surface area contributed by atoms with Crippen LogP contribution in [-0.2, 0) is 0 Å². The van der Waals surface area contributed by atoms with Crippen molar-refractivity contribution in [2.45, 2.75) is 45.6 Å². The lowest BCUT2D eigenvalue weighted by Gasteiger charge is -2.36. The smallest absolute Gasteiger partial charge is 0.00965 e. The Balaban J connectivity index is 1.84. The van der Waals surface area contributed by atoms with Gasteiger partial charge in [-0.3, -0.25) is 0 Å². The van der Waals surface area contributed by atoms with E-state index < -0.39 is 0 Å². The fourth-order valence-electron chi connectivity index (χ4n) is 2.60. The van der Waals surface area contributed by atoms with Crippen molar-refractivity contribution < 1.29 is 0 Å². The van der Waals surface area contributed by atoms with Gasteiger partial charge in [0.15, 0.2) is 0 Å². The van der Waals surface area contributed by atoms with E-state index in [0.717, 1.165) is 17.9 Å². The van der Waals surface area contributed by atoms with Crippen LogP contribution >= 0.6 is 0 Å². The first-order valence-electron chi connectivity index (χ1n) is 5.55. The van der Waals surface area contributed by atoms with Crippen molar-refractivity contribution in [2.24, 2.45) is 11.8 Å². The largest absolute Gasteiger partial charge is 0.300 e. The third-order valence-electron chi connectivity index (χ3n) is 3.70. The van der Waals surface area contributed by atoms with Crippen LogP contribution < -0.4 is 0 Å². The molecule has 70 valence electrons. The molecule has 2 atom stereocenters. The van der Waals surface area contributed by atoms with Crippen molar-refractivity contribution in [3.05, 3.63) is 0 Å². The third kappa shape index (κ3) is 1.66. The Labute approximate surface area is 76.1 Å². The highest BCUT2D eigenvalue weighted by atomic mass is 15.2. The Morgan fingerprint density at radius 3 is 2.50 bits per heavy atom. The summed E-state index contributed by atoms with van der Waals surface area (Å²) >= 11 is 0. The summed E-state index contributed by atoms with van der Waals surface area (Å²) in [5, 5.41) is 0. The molecule has 1 heterocycles. The molecule has 0 spiro atoms. The lowest BCUT2D eigenvalue weighted by molar-refractivity contribution is 0.120. The van der Waals surface area contributed by atoms with E-state index >= 15 is 0 Å². The maximum Gasteiger partial charge on any atom is 0.00965 e. The van der Waals surface area contributed by atoms with Crippen LogP contribution in [0.5, 0.6) is 0 Å². The number of likely N-dealkylation sites (tertiary alicyclic amines) is 1. The Hall–Kier alpha value is -0.0400. The molecule has 2 fully saturated rings. The van der Waals surface area contributed by atoms with Gasteiger partial charge in [-0.05, 0) is 37.6 Å². The number of hydrogen-bond acceptors (Lipinski definition) is 1. The molecule has 2 aliphatic rings. The Kier molecular flexibility index (Phi) is 2.40. The summed E-state index contributed by atoms with van der Waals surface area (Å²) in [7, 11) is 0. The second-order valence-electron chi connectivity index (χ2n) is 4.66. The molecule has 2 unspecified atom stereocenters. The molecule has 12 heavy (non-hydrogen) atoms. The summed E-state index contributed by atoms with van der Waals surface area (Å²) in [6.07, 6.45) is 5.79. The van der Waals surface area contributed by atoms with E-state index in [2.05, 4.69) is 18.7 Å². The number of piperidine rings is 1. The molecular weight excluding hydrogens is 146 g/mol. The zero-order chi connectivity index (χ0) is 8.55. The third-order valence-corrected chi connectivity index (χ3v) is 3.70. The highest BCUT2D eigenvalue weighted by Gasteiger charge is 2.34. The monoisotopic (exact) mass is 167 g/mol. The maximum absolute atomic E-state index is 2.72. The Morgan fingerprint density at radius 2 is 2.00 bits per heavy atom. The van der Waals surface area contributed by atoms with Gasteiger partial charge in [0.2, 0.25) is 0 Å². The van der Waals surface area contributed by atoms with Crippen LogP contribution in [0.2, 0.25) is 0 Å². The lowest BCUT2D eigenvalue weighted by Crippen LogP contribution is -2.40. The van der Waals surface area contributed by atoms with E-state index in [9.17, 15) is 0 Å². The van der Waals surface area contributed by atoms with Crippen molar-refractivity contribution in [1.29, 1.82) is 0 Å². The van der Waals surface area contributed by atoms with Crippen LogP contribution in [0.4, 0.5) is 0 Å². The van der Waals surface area contributed by atoms with Crippen LogP contribution in [0.3, 0.4) is 0 Å². The van der Waals surface area contributed by atoms with Gasteiger partial charge in [0.05, 0.1) is 0 Å². The highest BCUT2D eigenvalue weighted by molar-refractivity contribution is 4.88. The van der Waals surface area contributed by atoms with E-state index in [0.29, 0.717) is 0 Å². The zero-order valence-corrected chi connectivity index (χ0v) is 8.42.